The molecule has 14 heteroatoms. The summed E-state index contributed by atoms with van der Waals surface area (Å²) in [7, 11) is 2.73. The van der Waals surface area contributed by atoms with E-state index in [2.05, 4.69) is 94.9 Å². The van der Waals surface area contributed by atoms with Crippen LogP contribution in [0, 0.1) is 0 Å². The number of carbonyl (C=O) groups excluding carboxylic acids is 4. The third-order valence-electron chi connectivity index (χ3n) is 15.5. The number of ether oxygens (including phenoxy) is 2. The SMILES string of the molecule is COC(=O)N1CCCC1C(=O)N1CCCC1c1ncc(-c2ccc(-c3cc4ccc3CCc3ccc(c(-c5ccc(-c6cnc(C7CCCN7C(=O)C7CCCN7C(=O)OC)[nH]6)cc5)c3)CC4)cc2)[nH]1. The van der Waals surface area contributed by atoms with E-state index in [1.807, 2.05) is 22.2 Å². The van der Waals surface area contributed by atoms with Gasteiger partial charge in [0.2, 0.25) is 11.8 Å². The smallest absolute Gasteiger partial charge is 0.410 e. The summed E-state index contributed by atoms with van der Waals surface area (Å²) < 4.78 is 9.94. The molecule has 6 aromatic rings. The molecule has 0 saturated carbocycles. The largest absolute Gasteiger partial charge is 0.453 e. The maximum absolute atomic E-state index is 13.8. The van der Waals surface area contributed by atoms with Crippen molar-refractivity contribution in [2.45, 2.75) is 101 Å². The molecule has 4 fully saturated rings. The molecule has 0 radical (unpaired) electrons. The van der Waals surface area contributed by atoms with Gasteiger partial charge in [-0.1, -0.05) is 84.9 Å². The third kappa shape index (κ3) is 8.62. The lowest BCUT2D eigenvalue weighted by Gasteiger charge is -2.30. The van der Waals surface area contributed by atoms with E-state index in [0.29, 0.717) is 39.0 Å². The molecular formula is C56H60N8O6. The van der Waals surface area contributed by atoms with Crippen LogP contribution >= 0.6 is 0 Å². The van der Waals surface area contributed by atoms with Crippen LogP contribution in [0.1, 0.15) is 97.4 Å². The zero-order valence-electron chi connectivity index (χ0n) is 40.0. The van der Waals surface area contributed by atoms with Gasteiger partial charge < -0.3 is 29.2 Å². The number of likely N-dealkylation sites (tertiary alicyclic amines) is 4. The number of rotatable bonds is 8. The number of carbonyl (C=O) groups is 4. The number of benzene rings is 4. The average molecular weight is 941 g/mol. The van der Waals surface area contributed by atoms with Gasteiger partial charge in [0.05, 0.1) is 50.1 Å². The van der Waals surface area contributed by atoms with Gasteiger partial charge in [-0.2, -0.15) is 0 Å². The lowest BCUT2D eigenvalue weighted by atomic mass is 9.87. The summed E-state index contributed by atoms with van der Waals surface area (Å²) in [6.07, 6.45) is 12.8. The molecule has 2 N–H and O–H groups in total. The number of aryl methyl sites for hydroxylation is 4. The lowest BCUT2D eigenvalue weighted by Crippen LogP contribution is -2.47. The van der Waals surface area contributed by atoms with Crippen LogP contribution in [0.25, 0.3) is 44.8 Å². The summed E-state index contributed by atoms with van der Waals surface area (Å²) in [5, 5.41) is 0. The minimum absolute atomic E-state index is 0.0261. The molecule has 14 rings (SSSR count). The molecule has 6 heterocycles. The van der Waals surface area contributed by atoms with Crippen molar-refractivity contribution in [1.82, 2.24) is 39.5 Å². The predicted molar refractivity (Wildman–Crippen MR) is 265 cm³/mol. The number of imidazole rings is 2. The van der Waals surface area contributed by atoms with E-state index in [4.69, 9.17) is 19.4 Å². The zero-order chi connectivity index (χ0) is 47.9. The van der Waals surface area contributed by atoms with Crippen LogP contribution in [0.5, 0.6) is 0 Å². The topological polar surface area (TPSA) is 157 Å². The summed E-state index contributed by atoms with van der Waals surface area (Å²) in [6, 6.07) is 30.1. The number of amides is 4. The Kier molecular flexibility index (Phi) is 12.5. The van der Waals surface area contributed by atoms with E-state index in [1.54, 1.807) is 9.80 Å². The van der Waals surface area contributed by atoms with Crippen molar-refractivity contribution >= 4 is 24.0 Å². The molecule has 4 unspecified atom stereocenters. The summed E-state index contributed by atoms with van der Waals surface area (Å²) in [5.74, 6) is 1.50. The monoisotopic (exact) mass is 940 g/mol. The number of hydrogen-bond donors (Lipinski definition) is 2. The number of aromatic nitrogens is 4. The fraction of sp³-hybridized carbons (Fsp3) is 0.393. The molecule has 8 aliphatic rings. The zero-order valence-corrected chi connectivity index (χ0v) is 40.0. The van der Waals surface area contributed by atoms with Gasteiger partial charge in [0.1, 0.15) is 23.7 Å². The van der Waals surface area contributed by atoms with Gasteiger partial charge in [0, 0.05) is 26.2 Å². The summed E-state index contributed by atoms with van der Waals surface area (Å²) >= 11 is 0. The Balaban J connectivity index is 0.760. The number of hydrogen-bond acceptors (Lipinski definition) is 8. The molecule has 4 saturated heterocycles. The second-order valence-electron chi connectivity index (χ2n) is 19.5. The minimum Gasteiger partial charge on any atom is -0.453 e. The van der Waals surface area contributed by atoms with Crippen LogP contribution in [-0.2, 0) is 44.7 Å². The fourth-order valence-electron chi connectivity index (χ4n) is 11.8. The van der Waals surface area contributed by atoms with E-state index >= 15 is 0 Å². The first-order valence-electron chi connectivity index (χ1n) is 25.1. The summed E-state index contributed by atoms with van der Waals surface area (Å²) in [4.78, 5) is 75.9. The molecule has 70 heavy (non-hydrogen) atoms. The first-order chi connectivity index (χ1) is 34.2. The van der Waals surface area contributed by atoms with Crippen molar-refractivity contribution in [1.29, 1.82) is 0 Å². The molecule has 4 atom stereocenters. The van der Waals surface area contributed by atoms with Crippen LogP contribution in [0.2, 0.25) is 0 Å². The number of H-pyrrole nitrogens is 2. The van der Waals surface area contributed by atoms with E-state index in [9.17, 15) is 19.2 Å². The number of nitrogens with one attached hydrogen (secondary N) is 2. The van der Waals surface area contributed by atoms with Gasteiger partial charge >= 0.3 is 12.2 Å². The van der Waals surface area contributed by atoms with Crippen molar-refractivity contribution in [3.8, 4) is 44.8 Å². The average Bonchev–Trinajstić information content (AvgIpc) is 4.26. The van der Waals surface area contributed by atoms with Gasteiger partial charge in [-0.05, 0) is 133 Å². The van der Waals surface area contributed by atoms with E-state index < -0.39 is 24.3 Å². The highest BCUT2D eigenvalue weighted by atomic mass is 16.5. The Morgan fingerprint density at radius 3 is 1.29 bits per heavy atom. The number of methoxy groups -OCH3 is 2. The molecule has 4 aromatic carbocycles. The van der Waals surface area contributed by atoms with E-state index in [-0.39, 0.29) is 23.9 Å². The maximum Gasteiger partial charge on any atom is 0.410 e. The first-order valence-corrected chi connectivity index (χ1v) is 25.1. The molecule has 0 spiro atoms. The van der Waals surface area contributed by atoms with Crippen molar-refractivity contribution in [3.63, 3.8) is 0 Å². The quantitative estimate of drug-likeness (QED) is 0.153. The van der Waals surface area contributed by atoms with Crippen LogP contribution in [0.15, 0.2) is 97.3 Å². The molecule has 2 aromatic heterocycles. The Labute approximate surface area is 408 Å². The summed E-state index contributed by atoms with van der Waals surface area (Å²) in [5.41, 5.74) is 14.0. The van der Waals surface area contributed by atoms with Crippen molar-refractivity contribution in [2.24, 2.45) is 0 Å². The maximum atomic E-state index is 13.8. The normalized spacial score (nSPS) is 21.1. The van der Waals surface area contributed by atoms with Crippen LogP contribution < -0.4 is 0 Å². The van der Waals surface area contributed by atoms with Gasteiger partial charge in [-0.3, -0.25) is 19.4 Å². The van der Waals surface area contributed by atoms with E-state index in [1.165, 1.54) is 58.7 Å². The number of nitrogens with zero attached hydrogens (tertiary/aromatic N) is 6. The minimum atomic E-state index is -0.489. The van der Waals surface area contributed by atoms with Gasteiger partial charge in [-0.25, -0.2) is 19.6 Å². The van der Waals surface area contributed by atoms with Gasteiger partial charge in [-0.15, -0.1) is 0 Å². The van der Waals surface area contributed by atoms with Crippen LogP contribution in [-0.4, -0.2) is 116 Å². The molecule has 4 amide bonds. The van der Waals surface area contributed by atoms with Gasteiger partial charge in [0.25, 0.3) is 0 Å². The molecule has 4 aliphatic heterocycles. The molecule has 360 valence electrons. The van der Waals surface area contributed by atoms with Crippen LogP contribution in [0.4, 0.5) is 9.59 Å². The van der Waals surface area contributed by atoms with Crippen molar-refractivity contribution in [3.05, 3.63) is 131 Å². The predicted octanol–water partition coefficient (Wildman–Crippen LogP) is 9.47. The van der Waals surface area contributed by atoms with Crippen molar-refractivity contribution < 1.29 is 28.7 Å². The number of aromatic amines is 2. The molecular weight excluding hydrogens is 881 g/mol. The first kappa shape index (κ1) is 45.2. The molecule has 4 bridgehead atoms. The standard InChI is InChI=1S/C56H60N8O6/c1-69-55(67)63-29-5-9-49(63)53(65)61-27-3-7-47(61)51-57-33-45(59-51)41-23-19-39(20-24-41)43-31-35-11-15-37(43)17-13-36-12-16-38(18-14-35)44(32-36)40-21-25-42(26-22-40)46-34-58-52(60-46)48-8-4-28-62(48)54(66)50-10-6-30-64(50)56(68)70-2/h11-12,15-16,19-26,31-34,47-50H,3-10,13-14,17-18,27-30H2,1-2H3,(H,57,59)(H,58,60). The Morgan fingerprint density at radius 1 is 0.486 bits per heavy atom. The highest BCUT2D eigenvalue weighted by Gasteiger charge is 2.43. The Bertz CT molecular complexity index is 2730. The Hall–Kier alpha value is -7.22. The van der Waals surface area contributed by atoms with Gasteiger partial charge in [0.15, 0.2) is 0 Å². The highest BCUT2D eigenvalue weighted by molar-refractivity contribution is 5.88. The fourth-order valence-corrected chi connectivity index (χ4v) is 11.8. The second kappa shape index (κ2) is 19.3. The summed E-state index contributed by atoms with van der Waals surface area (Å²) in [6.45, 7) is 2.36. The molecule has 4 aliphatic carbocycles. The van der Waals surface area contributed by atoms with Crippen molar-refractivity contribution in [2.75, 3.05) is 40.4 Å². The van der Waals surface area contributed by atoms with E-state index in [0.717, 1.165) is 98.4 Å². The second-order valence-corrected chi connectivity index (χ2v) is 19.5. The third-order valence-corrected chi connectivity index (χ3v) is 15.5. The highest BCUT2D eigenvalue weighted by Crippen LogP contribution is 2.38. The molecule has 14 nitrogen and oxygen atoms in total. The Morgan fingerprint density at radius 2 is 0.871 bits per heavy atom. The van der Waals surface area contributed by atoms with Crippen LogP contribution in [0.3, 0.4) is 0 Å². The lowest BCUT2D eigenvalue weighted by molar-refractivity contribution is -0.137.